The minimum absolute atomic E-state index is 0.00196. The topological polar surface area (TPSA) is 116 Å². The SMILES string of the molecule is CCN(C(=O)c1cnc(Nc2ccccc2C#N)nc1)C1CCS(=O)(=O)C1. The Kier molecular flexibility index (Phi) is 5.37. The van der Waals surface area contributed by atoms with Gasteiger partial charge in [-0.1, -0.05) is 12.1 Å². The van der Waals surface area contributed by atoms with E-state index in [2.05, 4.69) is 21.4 Å². The molecule has 0 spiro atoms. The Hall–Kier alpha value is -2.99. The van der Waals surface area contributed by atoms with Crippen molar-refractivity contribution in [2.75, 3.05) is 23.4 Å². The van der Waals surface area contributed by atoms with Crippen LogP contribution >= 0.6 is 0 Å². The molecule has 1 N–H and O–H groups in total. The van der Waals surface area contributed by atoms with Gasteiger partial charge in [-0.3, -0.25) is 4.79 Å². The third-order valence-electron chi connectivity index (χ3n) is 4.44. The lowest BCUT2D eigenvalue weighted by Gasteiger charge is -2.26. The van der Waals surface area contributed by atoms with Crippen LogP contribution in [0.3, 0.4) is 0 Å². The molecule has 9 heteroatoms. The molecule has 0 aliphatic carbocycles. The van der Waals surface area contributed by atoms with Gasteiger partial charge in [-0.15, -0.1) is 0 Å². The largest absolute Gasteiger partial charge is 0.335 e. The molecule has 1 aliphatic heterocycles. The van der Waals surface area contributed by atoms with Crippen molar-refractivity contribution >= 4 is 27.4 Å². The Morgan fingerprint density at radius 3 is 2.63 bits per heavy atom. The molecule has 0 radical (unpaired) electrons. The molecule has 1 aromatic carbocycles. The average Bonchev–Trinajstić information content (AvgIpc) is 3.03. The highest BCUT2D eigenvalue weighted by molar-refractivity contribution is 7.91. The molecule has 1 aliphatic rings. The second kappa shape index (κ2) is 7.72. The maximum atomic E-state index is 12.7. The molecule has 1 amide bonds. The monoisotopic (exact) mass is 385 g/mol. The summed E-state index contributed by atoms with van der Waals surface area (Å²) in [6, 6.07) is 8.72. The molecule has 140 valence electrons. The Morgan fingerprint density at radius 2 is 2.04 bits per heavy atom. The van der Waals surface area contributed by atoms with E-state index in [1.165, 1.54) is 12.4 Å². The number of hydrogen-bond acceptors (Lipinski definition) is 7. The van der Waals surface area contributed by atoms with Crippen LogP contribution in [0.25, 0.3) is 0 Å². The van der Waals surface area contributed by atoms with E-state index in [4.69, 9.17) is 5.26 Å². The molecular weight excluding hydrogens is 366 g/mol. The van der Waals surface area contributed by atoms with Gasteiger partial charge in [-0.25, -0.2) is 18.4 Å². The highest BCUT2D eigenvalue weighted by atomic mass is 32.2. The number of amides is 1. The first kappa shape index (κ1) is 18.8. The molecule has 2 aromatic rings. The fourth-order valence-corrected chi connectivity index (χ4v) is 4.80. The zero-order valence-corrected chi connectivity index (χ0v) is 15.6. The van der Waals surface area contributed by atoms with E-state index >= 15 is 0 Å². The minimum atomic E-state index is -3.08. The molecule has 2 heterocycles. The van der Waals surface area contributed by atoms with Gasteiger partial charge in [0, 0.05) is 25.0 Å². The maximum absolute atomic E-state index is 12.7. The maximum Gasteiger partial charge on any atom is 0.257 e. The molecule has 0 bridgehead atoms. The fourth-order valence-electron chi connectivity index (χ4n) is 3.07. The molecular formula is C18H19N5O3S. The van der Waals surface area contributed by atoms with Gasteiger partial charge in [0.15, 0.2) is 9.84 Å². The molecule has 1 aromatic heterocycles. The van der Waals surface area contributed by atoms with E-state index in [1.807, 2.05) is 6.92 Å². The third-order valence-corrected chi connectivity index (χ3v) is 6.19. The van der Waals surface area contributed by atoms with Crippen molar-refractivity contribution in [2.24, 2.45) is 0 Å². The highest BCUT2D eigenvalue weighted by Gasteiger charge is 2.34. The van der Waals surface area contributed by atoms with E-state index in [-0.39, 0.29) is 29.4 Å². The lowest BCUT2D eigenvalue weighted by molar-refractivity contribution is 0.0707. The minimum Gasteiger partial charge on any atom is -0.335 e. The highest BCUT2D eigenvalue weighted by Crippen LogP contribution is 2.21. The van der Waals surface area contributed by atoms with Crippen LogP contribution in [0.1, 0.15) is 29.3 Å². The normalized spacial score (nSPS) is 17.9. The third kappa shape index (κ3) is 4.23. The predicted octanol–water partition coefficient (Wildman–Crippen LogP) is 1.74. The summed E-state index contributed by atoms with van der Waals surface area (Å²) in [7, 11) is -3.08. The second-order valence-electron chi connectivity index (χ2n) is 6.23. The summed E-state index contributed by atoms with van der Waals surface area (Å²) < 4.78 is 23.4. The van der Waals surface area contributed by atoms with Crippen molar-refractivity contribution in [3.8, 4) is 6.07 Å². The van der Waals surface area contributed by atoms with Gasteiger partial charge in [-0.05, 0) is 25.5 Å². The number of aromatic nitrogens is 2. The van der Waals surface area contributed by atoms with E-state index < -0.39 is 9.84 Å². The van der Waals surface area contributed by atoms with Gasteiger partial charge in [0.1, 0.15) is 6.07 Å². The quantitative estimate of drug-likeness (QED) is 0.833. The number of nitrogens with zero attached hydrogens (tertiary/aromatic N) is 4. The van der Waals surface area contributed by atoms with Crippen LogP contribution in [-0.2, 0) is 9.84 Å². The number of benzene rings is 1. The van der Waals surface area contributed by atoms with Gasteiger partial charge in [0.25, 0.3) is 5.91 Å². The standard InChI is InChI=1S/C18H19N5O3S/c1-2-23(15-7-8-27(25,26)12-15)17(24)14-10-20-18(21-11-14)22-16-6-4-3-5-13(16)9-19/h3-6,10-11,15H,2,7-8,12H2,1H3,(H,20,21,22). The molecule has 27 heavy (non-hydrogen) atoms. The van der Waals surface area contributed by atoms with E-state index in [1.54, 1.807) is 29.2 Å². The molecule has 0 saturated carbocycles. The van der Waals surface area contributed by atoms with Gasteiger partial charge >= 0.3 is 0 Å². The molecule has 1 fully saturated rings. The Morgan fingerprint density at radius 1 is 1.33 bits per heavy atom. The average molecular weight is 385 g/mol. The predicted molar refractivity (Wildman–Crippen MR) is 100 cm³/mol. The number of sulfone groups is 1. The van der Waals surface area contributed by atoms with Gasteiger partial charge in [-0.2, -0.15) is 5.26 Å². The van der Waals surface area contributed by atoms with Crippen LogP contribution < -0.4 is 5.32 Å². The number of hydrogen-bond donors (Lipinski definition) is 1. The summed E-state index contributed by atoms with van der Waals surface area (Å²) >= 11 is 0. The summed E-state index contributed by atoms with van der Waals surface area (Å²) in [5.74, 6) is 0.0845. The molecule has 1 saturated heterocycles. The van der Waals surface area contributed by atoms with Crippen LogP contribution in [0.15, 0.2) is 36.7 Å². The zero-order valence-electron chi connectivity index (χ0n) is 14.8. The number of rotatable bonds is 5. The summed E-state index contributed by atoms with van der Waals surface area (Å²) in [5.41, 5.74) is 1.33. The Balaban J connectivity index is 1.74. The first-order valence-electron chi connectivity index (χ1n) is 8.53. The van der Waals surface area contributed by atoms with Crippen LogP contribution in [0.5, 0.6) is 0 Å². The molecule has 1 atom stereocenters. The van der Waals surface area contributed by atoms with Crippen LogP contribution in [0, 0.1) is 11.3 Å². The Labute approximate surface area is 157 Å². The summed E-state index contributed by atoms with van der Waals surface area (Å²) in [6.07, 6.45) is 3.25. The first-order valence-corrected chi connectivity index (χ1v) is 10.3. The fraction of sp³-hybridized carbons (Fsp3) is 0.333. The first-order chi connectivity index (χ1) is 12.9. The van der Waals surface area contributed by atoms with E-state index in [0.29, 0.717) is 29.8 Å². The van der Waals surface area contributed by atoms with Crippen LogP contribution in [-0.4, -0.2) is 53.3 Å². The van der Waals surface area contributed by atoms with Crippen molar-refractivity contribution in [1.29, 1.82) is 5.26 Å². The lowest BCUT2D eigenvalue weighted by atomic mass is 10.2. The van der Waals surface area contributed by atoms with Crippen molar-refractivity contribution in [2.45, 2.75) is 19.4 Å². The second-order valence-corrected chi connectivity index (χ2v) is 8.45. The number of nitrogens with one attached hydrogen (secondary N) is 1. The number of para-hydroxylation sites is 1. The van der Waals surface area contributed by atoms with Crippen molar-refractivity contribution in [3.63, 3.8) is 0 Å². The lowest BCUT2D eigenvalue weighted by Crippen LogP contribution is -2.41. The summed E-state index contributed by atoms with van der Waals surface area (Å²) in [4.78, 5) is 22.6. The van der Waals surface area contributed by atoms with Gasteiger partial charge < -0.3 is 10.2 Å². The number of nitriles is 1. The van der Waals surface area contributed by atoms with Crippen molar-refractivity contribution < 1.29 is 13.2 Å². The molecule has 8 nitrogen and oxygen atoms in total. The van der Waals surface area contributed by atoms with Gasteiger partial charge in [0.2, 0.25) is 5.95 Å². The molecule has 3 rings (SSSR count). The number of carbonyl (C=O) groups excluding carboxylic acids is 1. The van der Waals surface area contributed by atoms with Crippen molar-refractivity contribution in [3.05, 3.63) is 47.8 Å². The Bertz CT molecular complexity index is 983. The van der Waals surface area contributed by atoms with E-state index in [0.717, 1.165) is 0 Å². The smallest absolute Gasteiger partial charge is 0.257 e. The summed E-state index contributed by atoms with van der Waals surface area (Å²) in [6.45, 7) is 2.23. The molecule has 1 unspecified atom stereocenters. The summed E-state index contributed by atoms with van der Waals surface area (Å²) in [5, 5.41) is 12.1. The number of carbonyl (C=O) groups is 1. The number of anilines is 2. The van der Waals surface area contributed by atoms with E-state index in [9.17, 15) is 13.2 Å². The van der Waals surface area contributed by atoms with Crippen molar-refractivity contribution in [1.82, 2.24) is 14.9 Å². The zero-order chi connectivity index (χ0) is 19.4. The van der Waals surface area contributed by atoms with Crippen LogP contribution in [0.4, 0.5) is 11.6 Å². The van der Waals surface area contributed by atoms with Crippen LogP contribution in [0.2, 0.25) is 0 Å². The van der Waals surface area contributed by atoms with Gasteiger partial charge in [0.05, 0.1) is 28.3 Å².